The fourth-order valence-corrected chi connectivity index (χ4v) is 3.44. The van der Waals surface area contributed by atoms with Crippen LogP contribution in [0.15, 0.2) is 48.5 Å². The number of para-hydroxylation sites is 1. The zero-order valence-corrected chi connectivity index (χ0v) is 15.7. The summed E-state index contributed by atoms with van der Waals surface area (Å²) in [4.78, 5) is 16.3. The molecule has 2 atom stereocenters. The van der Waals surface area contributed by atoms with Gasteiger partial charge in [0, 0.05) is 6.54 Å². The Balaban J connectivity index is 1.54. The van der Waals surface area contributed by atoms with E-state index < -0.39 is 30.9 Å². The van der Waals surface area contributed by atoms with E-state index in [2.05, 4.69) is 15.0 Å². The summed E-state index contributed by atoms with van der Waals surface area (Å²) in [6.45, 7) is -1.37. The van der Waals surface area contributed by atoms with E-state index >= 15 is 0 Å². The lowest BCUT2D eigenvalue weighted by molar-refractivity contribution is -0.153. The van der Waals surface area contributed by atoms with Gasteiger partial charge in [-0.1, -0.05) is 24.3 Å². The molecule has 0 spiro atoms. The number of aliphatic hydroxyl groups excluding tert-OH is 2. The summed E-state index contributed by atoms with van der Waals surface area (Å²) in [5, 5.41) is 23.0. The van der Waals surface area contributed by atoms with Crippen LogP contribution in [0.25, 0.3) is 10.2 Å². The van der Waals surface area contributed by atoms with Gasteiger partial charge in [0.05, 0.1) is 10.2 Å². The molecule has 3 rings (SSSR count). The second-order valence-corrected chi connectivity index (χ2v) is 7.24. The maximum Gasteiger partial charge on any atom is 0.422 e. The number of nitrogens with zero attached hydrogens (tertiary/aromatic N) is 1. The van der Waals surface area contributed by atoms with Crippen LogP contribution in [0.4, 0.5) is 13.2 Å². The van der Waals surface area contributed by atoms with Gasteiger partial charge >= 0.3 is 6.18 Å². The highest BCUT2D eigenvalue weighted by molar-refractivity contribution is 7.18. The van der Waals surface area contributed by atoms with Crippen LogP contribution in [-0.4, -0.2) is 40.0 Å². The number of hydrogen-bond acceptors (Lipinski definition) is 6. The average molecular weight is 426 g/mol. The zero-order chi connectivity index (χ0) is 21.0. The van der Waals surface area contributed by atoms with Crippen molar-refractivity contribution in [3.05, 3.63) is 59.1 Å². The summed E-state index contributed by atoms with van der Waals surface area (Å²) in [5.41, 5.74) is 1.24. The van der Waals surface area contributed by atoms with Crippen LogP contribution >= 0.6 is 11.3 Å². The van der Waals surface area contributed by atoms with Gasteiger partial charge in [0.25, 0.3) is 5.91 Å². The summed E-state index contributed by atoms with van der Waals surface area (Å²) >= 11 is 1.18. The highest BCUT2D eigenvalue weighted by atomic mass is 32.1. The Morgan fingerprint density at radius 1 is 1.14 bits per heavy atom. The normalized spacial score (nSPS) is 13.8. The van der Waals surface area contributed by atoms with Crippen molar-refractivity contribution in [1.82, 2.24) is 10.3 Å². The van der Waals surface area contributed by atoms with E-state index in [1.807, 2.05) is 12.1 Å². The molecule has 0 aliphatic carbocycles. The van der Waals surface area contributed by atoms with E-state index in [0.29, 0.717) is 11.1 Å². The van der Waals surface area contributed by atoms with Crippen LogP contribution in [0, 0.1) is 0 Å². The number of thiazole rings is 1. The fourth-order valence-electron chi connectivity index (χ4n) is 2.46. The lowest BCUT2D eigenvalue weighted by Gasteiger charge is -2.15. The Kier molecular flexibility index (Phi) is 6.36. The van der Waals surface area contributed by atoms with Crippen LogP contribution in [-0.2, 0) is 11.3 Å². The number of amides is 1. The number of halogens is 3. The standard InChI is InChI=1S/C19H17F3N2O4S/c20-19(21,22)10-28-12-7-5-11(6-8-12)9-23-17(27)15(25)16(26)18-24-13-3-1-2-4-14(13)29-18/h1-8,15-16,25-26H,9-10H2,(H,23,27). The Labute approximate surface area is 167 Å². The number of ether oxygens (including phenoxy) is 1. The van der Waals surface area contributed by atoms with Gasteiger partial charge < -0.3 is 20.3 Å². The molecule has 1 amide bonds. The first-order valence-electron chi connectivity index (χ1n) is 8.51. The molecule has 0 aliphatic rings. The second-order valence-electron chi connectivity index (χ2n) is 6.18. The Bertz CT molecular complexity index is 942. The average Bonchev–Trinajstić information content (AvgIpc) is 3.13. The predicted molar refractivity (Wildman–Crippen MR) is 100 cm³/mol. The van der Waals surface area contributed by atoms with Gasteiger partial charge in [-0.3, -0.25) is 4.79 Å². The summed E-state index contributed by atoms with van der Waals surface area (Å²) in [6, 6.07) is 12.9. The molecule has 0 saturated heterocycles. The molecule has 1 heterocycles. The number of aliphatic hydroxyl groups is 2. The van der Waals surface area contributed by atoms with Crippen LogP contribution in [0.5, 0.6) is 5.75 Å². The maximum absolute atomic E-state index is 12.1. The Morgan fingerprint density at radius 3 is 2.48 bits per heavy atom. The molecule has 1 aromatic heterocycles. The van der Waals surface area contributed by atoms with E-state index in [4.69, 9.17) is 0 Å². The minimum atomic E-state index is -4.42. The lowest BCUT2D eigenvalue weighted by Crippen LogP contribution is -2.38. The van der Waals surface area contributed by atoms with Crippen molar-refractivity contribution in [3.8, 4) is 5.75 Å². The topological polar surface area (TPSA) is 91.7 Å². The molecule has 10 heteroatoms. The molecular weight excluding hydrogens is 409 g/mol. The number of carbonyl (C=O) groups is 1. The largest absolute Gasteiger partial charge is 0.484 e. The van der Waals surface area contributed by atoms with Crippen molar-refractivity contribution >= 4 is 27.5 Å². The molecule has 154 valence electrons. The molecule has 6 nitrogen and oxygen atoms in total. The van der Waals surface area contributed by atoms with Crippen molar-refractivity contribution < 1.29 is 32.9 Å². The van der Waals surface area contributed by atoms with Crippen LogP contribution in [0.3, 0.4) is 0 Å². The zero-order valence-electron chi connectivity index (χ0n) is 14.9. The minimum absolute atomic E-state index is 0.0159. The number of hydrogen-bond donors (Lipinski definition) is 3. The number of carbonyl (C=O) groups excluding carboxylic acids is 1. The van der Waals surface area contributed by atoms with E-state index in [1.165, 1.54) is 35.6 Å². The molecule has 0 aliphatic heterocycles. The summed E-state index contributed by atoms with van der Waals surface area (Å²) in [7, 11) is 0. The third-order valence-electron chi connectivity index (χ3n) is 3.92. The number of benzene rings is 2. The van der Waals surface area contributed by atoms with Gasteiger partial charge in [-0.25, -0.2) is 4.98 Å². The molecule has 2 aromatic carbocycles. The third kappa shape index (κ3) is 5.66. The number of nitrogens with one attached hydrogen (secondary N) is 1. The predicted octanol–water partition coefficient (Wildman–Crippen LogP) is 2.95. The maximum atomic E-state index is 12.1. The number of alkyl halides is 3. The summed E-state index contributed by atoms with van der Waals surface area (Å²) in [6.07, 6.45) is -7.62. The molecule has 2 unspecified atom stereocenters. The molecule has 3 aromatic rings. The fraction of sp³-hybridized carbons (Fsp3) is 0.263. The van der Waals surface area contributed by atoms with E-state index in [9.17, 15) is 28.2 Å². The molecule has 0 fully saturated rings. The van der Waals surface area contributed by atoms with Crippen molar-refractivity contribution in [2.24, 2.45) is 0 Å². The monoisotopic (exact) mass is 426 g/mol. The van der Waals surface area contributed by atoms with Crippen molar-refractivity contribution in [3.63, 3.8) is 0 Å². The third-order valence-corrected chi connectivity index (χ3v) is 5.03. The van der Waals surface area contributed by atoms with Gasteiger partial charge in [0.2, 0.25) is 0 Å². The van der Waals surface area contributed by atoms with E-state index in [-0.39, 0.29) is 17.3 Å². The Morgan fingerprint density at radius 2 is 1.83 bits per heavy atom. The van der Waals surface area contributed by atoms with Crippen LogP contribution in [0.1, 0.15) is 16.7 Å². The van der Waals surface area contributed by atoms with Crippen molar-refractivity contribution in [2.75, 3.05) is 6.61 Å². The molecular formula is C19H17F3N2O4S. The highest BCUT2D eigenvalue weighted by Crippen LogP contribution is 2.28. The quantitative estimate of drug-likeness (QED) is 0.540. The smallest absolute Gasteiger partial charge is 0.422 e. The SMILES string of the molecule is O=C(NCc1ccc(OCC(F)(F)F)cc1)C(O)C(O)c1nc2ccccc2s1. The second kappa shape index (κ2) is 8.76. The van der Waals surface area contributed by atoms with Gasteiger partial charge in [-0.15, -0.1) is 11.3 Å². The summed E-state index contributed by atoms with van der Waals surface area (Å²) in [5.74, 6) is -0.752. The molecule has 0 saturated carbocycles. The first kappa shape index (κ1) is 21.0. The van der Waals surface area contributed by atoms with Crippen LogP contribution < -0.4 is 10.1 Å². The molecule has 3 N–H and O–H groups in total. The van der Waals surface area contributed by atoms with Crippen molar-refractivity contribution in [2.45, 2.75) is 24.9 Å². The highest BCUT2D eigenvalue weighted by Gasteiger charge is 2.29. The van der Waals surface area contributed by atoms with E-state index in [0.717, 1.165) is 4.70 Å². The van der Waals surface area contributed by atoms with Crippen molar-refractivity contribution in [1.29, 1.82) is 0 Å². The summed E-state index contributed by atoms with van der Waals surface area (Å²) < 4.78 is 41.8. The molecule has 0 radical (unpaired) electrons. The number of aromatic nitrogens is 1. The first-order chi connectivity index (χ1) is 13.7. The minimum Gasteiger partial charge on any atom is -0.484 e. The Hall–Kier alpha value is -2.69. The molecule has 29 heavy (non-hydrogen) atoms. The van der Waals surface area contributed by atoms with Gasteiger partial charge in [0.1, 0.15) is 16.9 Å². The van der Waals surface area contributed by atoms with E-state index in [1.54, 1.807) is 12.1 Å². The first-order valence-corrected chi connectivity index (χ1v) is 9.32. The lowest BCUT2D eigenvalue weighted by atomic mass is 10.1. The van der Waals surface area contributed by atoms with Crippen LogP contribution in [0.2, 0.25) is 0 Å². The van der Waals surface area contributed by atoms with Gasteiger partial charge in [-0.05, 0) is 29.8 Å². The number of rotatable bonds is 7. The number of fused-ring (bicyclic) bond motifs is 1. The van der Waals surface area contributed by atoms with Gasteiger partial charge in [-0.2, -0.15) is 13.2 Å². The van der Waals surface area contributed by atoms with Gasteiger partial charge in [0.15, 0.2) is 12.7 Å². The molecule has 0 bridgehead atoms.